The van der Waals surface area contributed by atoms with E-state index in [1.807, 2.05) is 61.5 Å². The number of ether oxygens (including phenoxy) is 1. The summed E-state index contributed by atoms with van der Waals surface area (Å²) in [4.78, 5) is 2.17. The monoisotopic (exact) mass is 351 g/mol. The van der Waals surface area contributed by atoms with Gasteiger partial charge in [0.25, 0.3) is 0 Å². The lowest BCUT2D eigenvalue weighted by atomic mass is 10.2. The highest BCUT2D eigenvalue weighted by Gasteiger charge is 2.15. The van der Waals surface area contributed by atoms with E-state index in [1.165, 1.54) is 5.56 Å². The number of aliphatic hydroxyl groups is 1. The number of hydrogen-bond donors (Lipinski definition) is 1. The van der Waals surface area contributed by atoms with Crippen LogP contribution >= 0.6 is 0 Å². The van der Waals surface area contributed by atoms with Gasteiger partial charge in [-0.05, 0) is 36.2 Å². The van der Waals surface area contributed by atoms with Crippen molar-refractivity contribution in [2.45, 2.75) is 26.1 Å². The summed E-state index contributed by atoms with van der Waals surface area (Å²) >= 11 is 0. The molecule has 0 aliphatic rings. The summed E-state index contributed by atoms with van der Waals surface area (Å²) in [5.74, 6) is 1.69. The minimum atomic E-state index is -0.590. The van der Waals surface area contributed by atoms with Gasteiger partial charge in [-0.3, -0.25) is 4.90 Å². The van der Waals surface area contributed by atoms with Crippen molar-refractivity contribution in [1.82, 2.24) is 4.90 Å². The Kier molecular flexibility index (Phi) is 6.47. The molecule has 0 aliphatic heterocycles. The Labute approximate surface area is 154 Å². The molecule has 1 unspecified atom stereocenters. The van der Waals surface area contributed by atoms with Crippen LogP contribution in [0.1, 0.15) is 16.9 Å². The summed E-state index contributed by atoms with van der Waals surface area (Å²) in [6.07, 6.45) is 1.08. The summed E-state index contributed by atoms with van der Waals surface area (Å²) in [5, 5.41) is 10.5. The SMILES string of the molecule is Cc1ccccc1OCC(O)CN(Cc1ccccc1)Cc1ccco1. The maximum absolute atomic E-state index is 10.5. The Balaban J connectivity index is 1.59. The first kappa shape index (κ1) is 18.2. The molecule has 1 N–H and O–H groups in total. The molecular formula is C22H25NO3. The average Bonchev–Trinajstić information content (AvgIpc) is 3.15. The normalized spacial score (nSPS) is 12.3. The number of aryl methyl sites for hydroxylation is 1. The highest BCUT2D eigenvalue weighted by molar-refractivity contribution is 5.31. The van der Waals surface area contributed by atoms with E-state index >= 15 is 0 Å². The first-order chi connectivity index (χ1) is 12.7. The largest absolute Gasteiger partial charge is 0.491 e. The smallest absolute Gasteiger partial charge is 0.122 e. The van der Waals surface area contributed by atoms with Crippen LogP contribution < -0.4 is 4.74 Å². The predicted molar refractivity (Wildman–Crippen MR) is 102 cm³/mol. The van der Waals surface area contributed by atoms with Gasteiger partial charge >= 0.3 is 0 Å². The first-order valence-electron chi connectivity index (χ1n) is 8.86. The fraction of sp³-hybridized carbons (Fsp3) is 0.273. The van der Waals surface area contributed by atoms with Gasteiger partial charge < -0.3 is 14.3 Å². The molecule has 0 spiro atoms. The third kappa shape index (κ3) is 5.48. The molecule has 0 saturated heterocycles. The zero-order valence-corrected chi connectivity index (χ0v) is 15.0. The van der Waals surface area contributed by atoms with Gasteiger partial charge in [-0.1, -0.05) is 48.5 Å². The van der Waals surface area contributed by atoms with E-state index in [9.17, 15) is 5.11 Å². The van der Waals surface area contributed by atoms with E-state index in [1.54, 1.807) is 6.26 Å². The molecule has 1 atom stereocenters. The van der Waals surface area contributed by atoms with Gasteiger partial charge in [0.2, 0.25) is 0 Å². The summed E-state index contributed by atoms with van der Waals surface area (Å²) in [6.45, 7) is 4.14. The molecule has 3 rings (SSSR count). The number of hydrogen-bond acceptors (Lipinski definition) is 4. The Morgan fingerprint density at radius 3 is 2.46 bits per heavy atom. The van der Waals surface area contributed by atoms with Crippen molar-refractivity contribution in [1.29, 1.82) is 0 Å². The van der Waals surface area contributed by atoms with E-state index in [-0.39, 0.29) is 6.61 Å². The van der Waals surface area contributed by atoms with Crippen LogP contribution in [0.25, 0.3) is 0 Å². The van der Waals surface area contributed by atoms with Crippen molar-refractivity contribution in [2.75, 3.05) is 13.2 Å². The molecule has 26 heavy (non-hydrogen) atoms. The van der Waals surface area contributed by atoms with Gasteiger partial charge in [0, 0.05) is 13.1 Å². The molecule has 1 heterocycles. The van der Waals surface area contributed by atoms with Gasteiger partial charge in [-0.2, -0.15) is 0 Å². The van der Waals surface area contributed by atoms with Crippen LogP contribution in [0.3, 0.4) is 0 Å². The number of para-hydroxylation sites is 1. The van der Waals surface area contributed by atoms with E-state index in [0.717, 1.165) is 23.6 Å². The second kappa shape index (κ2) is 9.22. The Morgan fingerprint density at radius 1 is 0.962 bits per heavy atom. The lowest BCUT2D eigenvalue weighted by Gasteiger charge is -2.24. The third-order valence-corrected chi connectivity index (χ3v) is 4.20. The Morgan fingerprint density at radius 2 is 1.73 bits per heavy atom. The van der Waals surface area contributed by atoms with Gasteiger partial charge in [0.05, 0.1) is 12.8 Å². The van der Waals surface area contributed by atoms with Crippen molar-refractivity contribution in [3.8, 4) is 5.75 Å². The number of benzene rings is 2. The van der Waals surface area contributed by atoms with Crippen molar-refractivity contribution in [2.24, 2.45) is 0 Å². The van der Waals surface area contributed by atoms with Crippen molar-refractivity contribution in [3.63, 3.8) is 0 Å². The molecule has 0 aliphatic carbocycles. The maximum atomic E-state index is 10.5. The van der Waals surface area contributed by atoms with Crippen molar-refractivity contribution >= 4 is 0 Å². The van der Waals surface area contributed by atoms with E-state index in [2.05, 4.69) is 17.0 Å². The summed E-state index contributed by atoms with van der Waals surface area (Å²) in [7, 11) is 0. The van der Waals surface area contributed by atoms with Gasteiger partial charge in [0.15, 0.2) is 0 Å². The number of furan rings is 1. The highest BCUT2D eigenvalue weighted by Crippen LogP contribution is 2.17. The topological polar surface area (TPSA) is 45.8 Å². The van der Waals surface area contributed by atoms with Gasteiger partial charge in [0.1, 0.15) is 24.2 Å². The minimum Gasteiger partial charge on any atom is -0.491 e. The molecule has 0 amide bonds. The molecule has 0 bridgehead atoms. The summed E-state index contributed by atoms with van der Waals surface area (Å²) in [5.41, 5.74) is 2.27. The number of nitrogens with zero attached hydrogens (tertiary/aromatic N) is 1. The summed E-state index contributed by atoms with van der Waals surface area (Å²) in [6, 6.07) is 21.9. The molecule has 0 fully saturated rings. The molecule has 136 valence electrons. The van der Waals surface area contributed by atoms with Crippen LogP contribution in [0.5, 0.6) is 5.75 Å². The zero-order chi connectivity index (χ0) is 18.2. The predicted octanol–water partition coefficient (Wildman–Crippen LogP) is 4.03. The zero-order valence-electron chi connectivity index (χ0n) is 15.0. The lowest BCUT2D eigenvalue weighted by molar-refractivity contribution is 0.0602. The minimum absolute atomic E-state index is 0.258. The van der Waals surface area contributed by atoms with E-state index < -0.39 is 6.10 Å². The quantitative estimate of drug-likeness (QED) is 0.632. The maximum Gasteiger partial charge on any atom is 0.122 e. The van der Waals surface area contributed by atoms with Crippen LogP contribution in [0.2, 0.25) is 0 Å². The molecule has 1 aromatic heterocycles. The average molecular weight is 351 g/mol. The second-order valence-corrected chi connectivity index (χ2v) is 6.46. The van der Waals surface area contributed by atoms with E-state index in [0.29, 0.717) is 13.1 Å². The van der Waals surface area contributed by atoms with Crippen LogP contribution in [-0.2, 0) is 13.1 Å². The molecule has 4 nitrogen and oxygen atoms in total. The Hall–Kier alpha value is -2.56. The van der Waals surface area contributed by atoms with Crippen LogP contribution in [0, 0.1) is 6.92 Å². The standard InChI is InChI=1S/C22H25NO3/c1-18-8-5-6-12-22(18)26-17-20(24)15-23(16-21-11-7-13-25-21)14-19-9-3-2-4-10-19/h2-13,20,24H,14-17H2,1H3. The molecule has 3 aromatic rings. The molecule has 2 aromatic carbocycles. The van der Waals surface area contributed by atoms with Crippen molar-refractivity contribution in [3.05, 3.63) is 89.9 Å². The fourth-order valence-corrected chi connectivity index (χ4v) is 2.90. The first-order valence-corrected chi connectivity index (χ1v) is 8.86. The molecule has 4 heteroatoms. The molecule has 0 saturated carbocycles. The van der Waals surface area contributed by atoms with Crippen LogP contribution in [-0.4, -0.2) is 29.3 Å². The molecular weight excluding hydrogens is 326 g/mol. The third-order valence-electron chi connectivity index (χ3n) is 4.20. The van der Waals surface area contributed by atoms with Crippen LogP contribution in [0.15, 0.2) is 77.4 Å². The lowest BCUT2D eigenvalue weighted by Crippen LogP contribution is -2.35. The van der Waals surface area contributed by atoms with Gasteiger partial charge in [-0.15, -0.1) is 0 Å². The number of rotatable bonds is 9. The van der Waals surface area contributed by atoms with Gasteiger partial charge in [-0.25, -0.2) is 0 Å². The Bertz CT molecular complexity index is 771. The van der Waals surface area contributed by atoms with Crippen molar-refractivity contribution < 1.29 is 14.3 Å². The second-order valence-electron chi connectivity index (χ2n) is 6.46. The highest BCUT2D eigenvalue weighted by atomic mass is 16.5. The number of aliphatic hydroxyl groups excluding tert-OH is 1. The van der Waals surface area contributed by atoms with E-state index in [4.69, 9.17) is 9.15 Å². The summed E-state index contributed by atoms with van der Waals surface area (Å²) < 4.78 is 11.3. The fourth-order valence-electron chi connectivity index (χ4n) is 2.90. The van der Waals surface area contributed by atoms with Crippen LogP contribution in [0.4, 0.5) is 0 Å². The molecule has 0 radical (unpaired) electrons.